The van der Waals surface area contributed by atoms with Crippen LogP contribution in [0, 0.1) is 11.8 Å². The van der Waals surface area contributed by atoms with Gasteiger partial charge in [0.25, 0.3) is 0 Å². The molecule has 1 saturated carbocycles. The van der Waals surface area contributed by atoms with Gasteiger partial charge in [-0.1, -0.05) is 6.92 Å². The average molecular weight is 170 g/mol. The van der Waals surface area contributed by atoms with Gasteiger partial charge in [0.1, 0.15) is 0 Å². The highest BCUT2D eigenvalue weighted by Crippen LogP contribution is 2.27. The molecule has 70 valence electrons. The number of rotatable bonds is 5. The summed E-state index contributed by atoms with van der Waals surface area (Å²) in [5.41, 5.74) is 5.41. The Morgan fingerprint density at radius 2 is 2.33 bits per heavy atom. The predicted octanol–water partition coefficient (Wildman–Crippen LogP) is 0.497. The van der Waals surface area contributed by atoms with Gasteiger partial charge in [-0.2, -0.15) is 0 Å². The molecule has 0 aromatic carbocycles. The maximum absolute atomic E-state index is 11.2. The largest absolute Gasteiger partial charge is 0.356 e. The molecular formula is C9H18N2O. The van der Waals surface area contributed by atoms with Crippen molar-refractivity contribution < 1.29 is 4.79 Å². The second kappa shape index (κ2) is 4.45. The van der Waals surface area contributed by atoms with Gasteiger partial charge >= 0.3 is 0 Å². The SMILES string of the molecule is CC(CN)CC(=O)NCC1CC1. The van der Waals surface area contributed by atoms with Crippen LogP contribution in [0.3, 0.4) is 0 Å². The maximum Gasteiger partial charge on any atom is 0.220 e. The average Bonchev–Trinajstić information content (AvgIpc) is 2.83. The van der Waals surface area contributed by atoms with Crippen LogP contribution < -0.4 is 11.1 Å². The fourth-order valence-electron chi connectivity index (χ4n) is 1.05. The third-order valence-electron chi connectivity index (χ3n) is 2.22. The predicted molar refractivity (Wildman–Crippen MR) is 48.6 cm³/mol. The highest BCUT2D eigenvalue weighted by Gasteiger charge is 2.21. The maximum atomic E-state index is 11.2. The molecule has 1 amide bonds. The van der Waals surface area contributed by atoms with Crippen molar-refractivity contribution in [3.05, 3.63) is 0 Å². The zero-order valence-corrected chi connectivity index (χ0v) is 7.68. The Balaban J connectivity index is 2.01. The van der Waals surface area contributed by atoms with Crippen molar-refractivity contribution >= 4 is 5.91 Å². The molecule has 0 spiro atoms. The summed E-state index contributed by atoms with van der Waals surface area (Å²) in [4.78, 5) is 11.2. The van der Waals surface area contributed by atoms with Crippen molar-refractivity contribution in [2.75, 3.05) is 13.1 Å². The van der Waals surface area contributed by atoms with Crippen LogP contribution in [0.4, 0.5) is 0 Å². The van der Waals surface area contributed by atoms with Crippen molar-refractivity contribution in [3.8, 4) is 0 Å². The smallest absolute Gasteiger partial charge is 0.220 e. The molecule has 0 saturated heterocycles. The summed E-state index contributed by atoms with van der Waals surface area (Å²) < 4.78 is 0. The second-order valence-corrected chi connectivity index (χ2v) is 3.79. The minimum absolute atomic E-state index is 0.153. The van der Waals surface area contributed by atoms with Gasteiger partial charge in [0.2, 0.25) is 5.91 Å². The second-order valence-electron chi connectivity index (χ2n) is 3.79. The van der Waals surface area contributed by atoms with E-state index in [9.17, 15) is 4.79 Å². The van der Waals surface area contributed by atoms with Gasteiger partial charge in [-0.05, 0) is 31.2 Å². The van der Waals surface area contributed by atoms with Crippen LogP contribution in [-0.2, 0) is 4.79 Å². The summed E-state index contributed by atoms with van der Waals surface area (Å²) in [5.74, 6) is 1.23. The van der Waals surface area contributed by atoms with E-state index in [0.717, 1.165) is 12.5 Å². The Bertz CT molecular complexity index is 155. The Kier molecular flexibility index (Phi) is 3.53. The van der Waals surface area contributed by atoms with Crippen LogP contribution in [0.15, 0.2) is 0 Å². The quantitative estimate of drug-likeness (QED) is 0.631. The van der Waals surface area contributed by atoms with Crippen molar-refractivity contribution in [3.63, 3.8) is 0 Å². The topological polar surface area (TPSA) is 55.1 Å². The molecule has 12 heavy (non-hydrogen) atoms. The number of nitrogens with two attached hydrogens (primary N) is 1. The van der Waals surface area contributed by atoms with Gasteiger partial charge in [0.05, 0.1) is 0 Å². The van der Waals surface area contributed by atoms with E-state index in [2.05, 4.69) is 5.32 Å². The lowest BCUT2D eigenvalue weighted by Gasteiger charge is -2.08. The van der Waals surface area contributed by atoms with Crippen LogP contribution in [-0.4, -0.2) is 19.0 Å². The van der Waals surface area contributed by atoms with E-state index in [-0.39, 0.29) is 5.91 Å². The zero-order valence-electron chi connectivity index (χ0n) is 7.68. The molecule has 3 N–H and O–H groups in total. The van der Waals surface area contributed by atoms with Crippen LogP contribution in [0.2, 0.25) is 0 Å². The minimum Gasteiger partial charge on any atom is -0.356 e. The van der Waals surface area contributed by atoms with Gasteiger partial charge in [-0.15, -0.1) is 0 Å². The van der Waals surface area contributed by atoms with Crippen molar-refractivity contribution in [1.29, 1.82) is 0 Å². The van der Waals surface area contributed by atoms with Crippen LogP contribution in [0.5, 0.6) is 0 Å². The Morgan fingerprint density at radius 3 is 2.83 bits per heavy atom. The number of amides is 1. The van der Waals surface area contributed by atoms with Crippen molar-refractivity contribution in [1.82, 2.24) is 5.32 Å². The van der Waals surface area contributed by atoms with Crippen molar-refractivity contribution in [2.24, 2.45) is 17.6 Å². The fourth-order valence-corrected chi connectivity index (χ4v) is 1.05. The molecule has 1 unspecified atom stereocenters. The first kappa shape index (κ1) is 9.52. The molecule has 1 atom stereocenters. The van der Waals surface area contributed by atoms with Gasteiger partial charge in [-0.25, -0.2) is 0 Å². The van der Waals surface area contributed by atoms with Crippen LogP contribution >= 0.6 is 0 Å². The summed E-state index contributed by atoms with van der Waals surface area (Å²) in [6.07, 6.45) is 3.14. The molecule has 0 aromatic rings. The minimum atomic E-state index is 0.153. The summed E-state index contributed by atoms with van der Waals surface area (Å²) in [7, 11) is 0. The molecule has 3 nitrogen and oxygen atoms in total. The van der Waals surface area contributed by atoms with Gasteiger partial charge < -0.3 is 11.1 Å². The molecular weight excluding hydrogens is 152 g/mol. The molecule has 0 aromatic heterocycles. The monoisotopic (exact) mass is 170 g/mol. The third-order valence-corrected chi connectivity index (χ3v) is 2.22. The number of carbonyl (C=O) groups is 1. The number of hydrogen-bond acceptors (Lipinski definition) is 2. The summed E-state index contributed by atoms with van der Waals surface area (Å²) >= 11 is 0. The molecule has 1 aliphatic carbocycles. The van der Waals surface area contributed by atoms with Crippen LogP contribution in [0.1, 0.15) is 26.2 Å². The van der Waals surface area contributed by atoms with E-state index < -0.39 is 0 Å². The van der Waals surface area contributed by atoms with Crippen molar-refractivity contribution in [2.45, 2.75) is 26.2 Å². The number of hydrogen-bond donors (Lipinski definition) is 2. The number of nitrogens with one attached hydrogen (secondary N) is 1. The molecule has 0 heterocycles. The summed E-state index contributed by atoms with van der Waals surface area (Å²) in [6, 6.07) is 0. The molecule has 1 aliphatic rings. The van der Waals surface area contributed by atoms with E-state index in [4.69, 9.17) is 5.73 Å². The Morgan fingerprint density at radius 1 is 1.67 bits per heavy atom. The summed E-state index contributed by atoms with van der Waals surface area (Å²) in [5, 5.41) is 2.92. The lowest BCUT2D eigenvalue weighted by molar-refractivity contribution is -0.121. The summed E-state index contributed by atoms with van der Waals surface area (Å²) in [6.45, 7) is 3.46. The standard InChI is InChI=1S/C9H18N2O/c1-7(5-10)4-9(12)11-6-8-2-3-8/h7-8H,2-6,10H2,1H3,(H,11,12). The first-order valence-electron chi connectivity index (χ1n) is 4.69. The Labute approximate surface area is 73.7 Å². The highest BCUT2D eigenvalue weighted by atomic mass is 16.1. The van der Waals surface area contributed by atoms with Crippen LogP contribution in [0.25, 0.3) is 0 Å². The lowest BCUT2D eigenvalue weighted by atomic mass is 10.1. The molecule has 1 fully saturated rings. The van der Waals surface area contributed by atoms with E-state index in [1.54, 1.807) is 0 Å². The van der Waals surface area contributed by atoms with Gasteiger partial charge in [0.15, 0.2) is 0 Å². The molecule has 0 bridgehead atoms. The molecule has 0 aliphatic heterocycles. The third kappa shape index (κ3) is 3.72. The number of carbonyl (C=O) groups excluding carboxylic acids is 1. The fraction of sp³-hybridized carbons (Fsp3) is 0.889. The zero-order chi connectivity index (χ0) is 8.97. The highest BCUT2D eigenvalue weighted by molar-refractivity contribution is 5.76. The van der Waals surface area contributed by atoms with E-state index in [1.807, 2.05) is 6.92 Å². The van der Waals surface area contributed by atoms with E-state index in [0.29, 0.717) is 18.9 Å². The molecule has 1 rings (SSSR count). The first-order chi connectivity index (χ1) is 5.72. The molecule has 3 heteroatoms. The normalized spacial score (nSPS) is 18.8. The van der Waals surface area contributed by atoms with E-state index in [1.165, 1.54) is 12.8 Å². The van der Waals surface area contributed by atoms with Gasteiger partial charge in [0, 0.05) is 13.0 Å². The lowest BCUT2D eigenvalue weighted by Crippen LogP contribution is -2.28. The van der Waals surface area contributed by atoms with Gasteiger partial charge in [-0.3, -0.25) is 4.79 Å². The molecule has 0 radical (unpaired) electrons. The van der Waals surface area contributed by atoms with E-state index >= 15 is 0 Å². The Hall–Kier alpha value is -0.570. The first-order valence-corrected chi connectivity index (χ1v) is 4.69.